The first-order valence-electron chi connectivity index (χ1n) is 12.8. The number of aromatic hydroxyl groups is 1. The fourth-order valence-electron chi connectivity index (χ4n) is 5.27. The summed E-state index contributed by atoms with van der Waals surface area (Å²) in [5.41, 5.74) is 7.69. The van der Waals surface area contributed by atoms with Gasteiger partial charge in [-0.05, 0) is 97.6 Å². The number of fused-ring (bicyclic) bond motifs is 5. The van der Waals surface area contributed by atoms with Crippen molar-refractivity contribution in [3.05, 3.63) is 107 Å². The third kappa shape index (κ3) is 4.82. The number of rotatable bonds is 2. The number of phenols is 1. The molecule has 4 aromatic rings. The Bertz CT molecular complexity index is 1450. The van der Waals surface area contributed by atoms with Crippen molar-refractivity contribution in [3.63, 3.8) is 0 Å². The molecule has 4 heterocycles. The molecular formula is C32H31NO4. The summed E-state index contributed by atoms with van der Waals surface area (Å²) >= 11 is 0. The van der Waals surface area contributed by atoms with Crippen LogP contribution in [0.3, 0.4) is 0 Å². The fourth-order valence-corrected chi connectivity index (χ4v) is 5.27. The van der Waals surface area contributed by atoms with E-state index in [1.54, 1.807) is 12.1 Å². The molecule has 5 heteroatoms. The maximum absolute atomic E-state index is 9.61. The zero-order valence-corrected chi connectivity index (χ0v) is 21.3. The Labute approximate surface area is 217 Å². The Kier molecular flexibility index (Phi) is 5.91. The molecule has 4 aromatic carbocycles. The minimum atomic E-state index is -0.318. The molecule has 37 heavy (non-hydrogen) atoms. The van der Waals surface area contributed by atoms with Gasteiger partial charge in [-0.15, -0.1) is 0 Å². The third-order valence-electron chi connectivity index (χ3n) is 7.18. The number of hydrogen-bond donors (Lipinski definition) is 2. The van der Waals surface area contributed by atoms with Crippen LogP contribution in [0.25, 0.3) is 0 Å². The Hall–Kier alpha value is -4.12. The molecule has 0 fully saturated rings. The molecule has 3 unspecified atom stereocenters. The Morgan fingerprint density at radius 3 is 1.95 bits per heavy atom. The predicted octanol–water partition coefficient (Wildman–Crippen LogP) is 6.94. The first kappa shape index (κ1) is 23.3. The molecule has 6 bridgehead atoms. The smallest absolute Gasteiger partial charge is 0.171 e. The molecule has 0 spiro atoms. The van der Waals surface area contributed by atoms with E-state index < -0.39 is 0 Å². The van der Waals surface area contributed by atoms with Crippen LogP contribution < -0.4 is 19.5 Å². The van der Waals surface area contributed by atoms with Crippen molar-refractivity contribution in [2.75, 3.05) is 5.32 Å². The second kappa shape index (κ2) is 9.40. The standard InChI is InChI=1S/C32H31NO4/c1-19-14-22-4-11-29(19)35-20(2)32-21(3)36-30-13-8-27(33-26-6-9-28(34)10-7-26)18-25(30)17-23-5-12-31(37-32)24(15-22)16-23/h4-14,16,18,20-21,32-34H,15,17H2,1-3H3. The van der Waals surface area contributed by atoms with Crippen molar-refractivity contribution in [1.82, 2.24) is 0 Å². The number of benzene rings is 4. The van der Waals surface area contributed by atoms with Crippen LogP contribution in [0.4, 0.5) is 11.4 Å². The van der Waals surface area contributed by atoms with Crippen LogP contribution in [0.1, 0.15) is 41.7 Å². The van der Waals surface area contributed by atoms with E-state index in [1.165, 1.54) is 11.1 Å². The van der Waals surface area contributed by atoms with Gasteiger partial charge in [0.2, 0.25) is 0 Å². The van der Waals surface area contributed by atoms with Crippen LogP contribution in [0.5, 0.6) is 23.0 Å². The average Bonchev–Trinajstić information content (AvgIpc) is 2.93. The molecule has 3 atom stereocenters. The van der Waals surface area contributed by atoms with Gasteiger partial charge in [0.1, 0.15) is 35.2 Å². The number of ether oxygens (including phenoxy) is 3. The van der Waals surface area contributed by atoms with Crippen molar-refractivity contribution in [3.8, 4) is 23.0 Å². The van der Waals surface area contributed by atoms with Gasteiger partial charge >= 0.3 is 0 Å². The van der Waals surface area contributed by atoms with Crippen molar-refractivity contribution >= 4 is 11.4 Å². The van der Waals surface area contributed by atoms with Crippen LogP contribution in [0, 0.1) is 6.92 Å². The van der Waals surface area contributed by atoms with Gasteiger partial charge in [-0.1, -0.05) is 24.3 Å². The van der Waals surface area contributed by atoms with Gasteiger partial charge < -0.3 is 24.6 Å². The van der Waals surface area contributed by atoms with Gasteiger partial charge in [-0.3, -0.25) is 0 Å². The number of hydrogen-bond acceptors (Lipinski definition) is 5. The highest BCUT2D eigenvalue weighted by Gasteiger charge is 2.32. The van der Waals surface area contributed by atoms with Crippen LogP contribution in [0.15, 0.2) is 78.9 Å². The molecule has 4 aliphatic rings. The van der Waals surface area contributed by atoms with E-state index in [0.29, 0.717) is 0 Å². The minimum Gasteiger partial charge on any atom is -0.508 e. The van der Waals surface area contributed by atoms with Crippen molar-refractivity contribution in [2.24, 2.45) is 0 Å². The van der Waals surface area contributed by atoms with Gasteiger partial charge in [0.15, 0.2) is 6.10 Å². The van der Waals surface area contributed by atoms with Gasteiger partial charge in [-0.2, -0.15) is 0 Å². The summed E-state index contributed by atoms with van der Waals surface area (Å²) in [5.74, 6) is 2.83. The lowest BCUT2D eigenvalue weighted by molar-refractivity contribution is -0.00788. The summed E-state index contributed by atoms with van der Waals surface area (Å²) in [5, 5.41) is 13.0. The van der Waals surface area contributed by atoms with E-state index in [0.717, 1.165) is 58.2 Å². The molecular weight excluding hydrogens is 462 g/mol. The topological polar surface area (TPSA) is 60.0 Å². The Morgan fingerprint density at radius 1 is 0.649 bits per heavy atom. The zero-order chi connectivity index (χ0) is 25.5. The predicted molar refractivity (Wildman–Crippen MR) is 146 cm³/mol. The molecule has 0 saturated carbocycles. The van der Waals surface area contributed by atoms with Gasteiger partial charge in [-0.25, -0.2) is 0 Å². The molecule has 2 N–H and O–H groups in total. The maximum atomic E-state index is 9.61. The second-order valence-electron chi connectivity index (χ2n) is 10.1. The summed E-state index contributed by atoms with van der Waals surface area (Å²) in [6, 6.07) is 26.2. The first-order valence-corrected chi connectivity index (χ1v) is 12.8. The van der Waals surface area contributed by atoms with Crippen LogP contribution in [-0.4, -0.2) is 23.4 Å². The molecule has 0 aliphatic carbocycles. The molecule has 5 nitrogen and oxygen atoms in total. The second-order valence-corrected chi connectivity index (χ2v) is 10.1. The number of nitrogens with one attached hydrogen (secondary N) is 1. The van der Waals surface area contributed by atoms with Gasteiger partial charge in [0.05, 0.1) is 0 Å². The highest BCUT2D eigenvalue weighted by molar-refractivity contribution is 5.63. The summed E-state index contributed by atoms with van der Waals surface area (Å²) in [7, 11) is 0. The number of aryl methyl sites for hydroxylation is 1. The van der Waals surface area contributed by atoms with E-state index in [4.69, 9.17) is 14.2 Å². The quantitative estimate of drug-likeness (QED) is 0.296. The van der Waals surface area contributed by atoms with E-state index in [1.807, 2.05) is 24.3 Å². The molecule has 188 valence electrons. The highest BCUT2D eigenvalue weighted by atomic mass is 16.6. The lowest BCUT2D eigenvalue weighted by Crippen LogP contribution is -2.45. The minimum absolute atomic E-state index is 0.232. The van der Waals surface area contributed by atoms with E-state index in [2.05, 4.69) is 68.6 Å². The van der Waals surface area contributed by atoms with Crippen molar-refractivity contribution < 1.29 is 19.3 Å². The monoisotopic (exact) mass is 493 g/mol. The lowest BCUT2D eigenvalue weighted by atomic mass is 9.97. The first-order chi connectivity index (χ1) is 17.9. The summed E-state index contributed by atoms with van der Waals surface area (Å²) < 4.78 is 19.7. The highest BCUT2D eigenvalue weighted by Crippen LogP contribution is 2.35. The van der Waals surface area contributed by atoms with Crippen LogP contribution in [-0.2, 0) is 12.8 Å². The molecule has 8 rings (SSSR count). The van der Waals surface area contributed by atoms with Crippen LogP contribution in [0.2, 0.25) is 0 Å². The molecule has 4 aliphatic heterocycles. The molecule has 0 saturated heterocycles. The van der Waals surface area contributed by atoms with Crippen LogP contribution >= 0.6 is 0 Å². The molecule has 0 aromatic heterocycles. The maximum Gasteiger partial charge on any atom is 0.171 e. The largest absolute Gasteiger partial charge is 0.508 e. The van der Waals surface area contributed by atoms with Gasteiger partial charge in [0.25, 0.3) is 0 Å². The normalized spacial score (nSPS) is 20.0. The zero-order valence-electron chi connectivity index (χ0n) is 21.3. The molecule has 0 amide bonds. The third-order valence-corrected chi connectivity index (χ3v) is 7.18. The molecule has 0 radical (unpaired) electrons. The van der Waals surface area contributed by atoms with Gasteiger partial charge in [0, 0.05) is 29.8 Å². The fraction of sp³-hybridized carbons (Fsp3) is 0.250. The summed E-state index contributed by atoms with van der Waals surface area (Å²) in [6.07, 6.45) is 0.713. The lowest BCUT2D eigenvalue weighted by Gasteiger charge is -2.31. The summed E-state index contributed by atoms with van der Waals surface area (Å²) in [6.45, 7) is 6.20. The average molecular weight is 494 g/mol. The number of phenolic OH excluding ortho intramolecular Hbond substituents is 1. The summed E-state index contributed by atoms with van der Waals surface area (Å²) in [4.78, 5) is 0. The van der Waals surface area contributed by atoms with E-state index in [9.17, 15) is 5.11 Å². The number of anilines is 2. The van der Waals surface area contributed by atoms with E-state index in [-0.39, 0.29) is 24.1 Å². The Balaban J connectivity index is 1.43. The van der Waals surface area contributed by atoms with E-state index >= 15 is 0 Å². The Morgan fingerprint density at radius 2 is 1.22 bits per heavy atom. The van der Waals surface area contributed by atoms with Crippen molar-refractivity contribution in [2.45, 2.75) is 51.9 Å². The van der Waals surface area contributed by atoms with Crippen molar-refractivity contribution in [1.29, 1.82) is 0 Å². The SMILES string of the molecule is Cc1cc2ccc1OC(C)C1Oc3ccc(cc3C2)Cc2cc(Nc3ccc(O)cc3)ccc2OC1C.